The third-order valence-corrected chi connectivity index (χ3v) is 4.59. The molecule has 0 aromatic heterocycles. The van der Waals surface area contributed by atoms with E-state index in [-0.39, 0.29) is 11.0 Å². The summed E-state index contributed by atoms with van der Waals surface area (Å²) in [7, 11) is 0. The van der Waals surface area contributed by atoms with E-state index >= 15 is 0 Å². The third-order valence-electron chi connectivity index (χ3n) is 4.59. The standard InChI is InChI=1S/C20H34N2O/c1-19(2,3)15-16-8-7-9-17(14-16)18(23)21-10-12-22(13-11-21)20(4,5)6/h7-9,14,18,23H,10-13,15H2,1-6H3. The van der Waals surface area contributed by atoms with Gasteiger partial charge in [0, 0.05) is 31.7 Å². The van der Waals surface area contributed by atoms with Crippen molar-refractivity contribution in [3.63, 3.8) is 0 Å². The average molecular weight is 319 g/mol. The zero-order valence-electron chi connectivity index (χ0n) is 15.8. The maximum absolute atomic E-state index is 10.8. The summed E-state index contributed by atoms with van der Waals surface area (Å²) < 4.78 is 0. The fraction of sp³-hybridized carbons (Fsp3) is 0.700. The minimum Gasteiger partial charge on any atom is -0.374 e. The van der Waals surface area contributed by atoms with Crippen LogP contribution >= 0.6 is 0 Å². The Hall–Kier alpha value is -0.900. The monoisotopic (exact) mass is 318 g/mol. The summed E-state index contributed by atoms with van der Waals surface area (Å²) >= 11 is 0. The molecular formula is C20H34N2O. The van der Waals surface area contributed by atoms with Crippen LogP contribution in [0.15, 0.2) is 24.3 Å². The Kier molecular flexibility index (Phi) is 5.55. The number of hydrogen-bond donors (Lipinski definition) is 1. The average Bonchev–Trinajstić information content (AvgIpc) is 2.44. The molecule has 1 aromatic carbocycles. The quantitative estimate of drug-likeness (QED) is 0.921. The van der Waals surface area contributed by atoms with Crippen molar-refractivity contribution in [3.05, 3.63) is 35.4 Å². The number of aliphatic hydroxyl groups is 1. The molecule has 1 saturated heterocycles. The van der Waals surface area contributed by atoms with Gasteiger partial charge in [0.15, 0.2) is 0 Å². The van der Waals surface area contributed by atoms with Crippen LogP contribution in [0.4, 0.5) is 0 Å². The number of aliphatic hydroxyl groups excluding tert-OH is 1. The molecule has 130 valence electrons. The SMILES string of the molecule is CC(C)(C)Cc1cccc(C(O)N2CCN(C(C)(C)C)CC2)c1. The van der Waals surface area contributed by atoms with Gasteiger partial charge in [-0.15, -0.1) is 0 Å². The Morgan fingerprint density at radius 3 is 2.13 bits per heavy atom. The molecule has 0 bridgehead atoms. The maximum Gasteiger partial charge on any atom is 0.133 e. The lowest BCUT2D eigenvalue weighted by Gasteiger charge is -2.43. The van der Waals surface area contributed by atoms with Crippen molar-refractivity contribution in [2.24, 2.45) is 5.41 Å². The Morgan fingerprint density at radius 1 is 1.00 bits per heavy atom. The highest BCUT2D eigenvalue weighted by Gasteiger charge is 2.28. The first kappa shape index (κ1) is 18.4. The molecule has 0 aliphatic carbocycles. The second-order valence-corrected chi connectivity index (χ2v) is 9.05. The molecule has 23 heavy (non-hydrogen) atoms. The molecule has 1 unspecified atom stereocenters. The lowest BCUT2D eigenvalue weighted by Crippen LogP contribution is -2.54. The Morgan fingerprint density at radius 2 is 1.61 bits per heavy atom. The van der Waals surface area contributed by atoms with Crippen molar-refractivity contribution in [2.75, 3.05) is 26.2 Å². The van der Waals surface area contributed by atoms with Gasteiger partial charge in [0.1, 0.15) is 6.23 Å². The van der Waals surface area contributed by atoms with Crippen LogP contribution in [0.1, 0.15) is 58.9 Å². The summed E-state index contributed by atoms with van der Waals surface area (Å²) in [5.41, 5.74) is 2.81. The molecule has 3 nitrogen and oxygen atoms in total. The Balaban J connectivity index is 2.01. The van der Waals surface area contributed by atoms with Crippen molar-refractivity contribution in [3.8, 4) is 0 Å². The molecule has 1 aliphatic heterocycles. The molecule has 1 fully saturated rings. The van der Waals surface area contributed by atoms with Crippen molar-refractivity contribution >= 4 is 0 Å². The molecule has 3 heteroatoms. The van der Waals surface area contributed by atoms with Crippen LogP contribution in [0, 0.1) is 5.41 Å². The molecule has 0 spiro atoms. The van der Waals surface area contributed by atoms with E-state index in [0.29, 0.717) is 0 Å². The summed E-state index contributed by atoms with van der Waals surface area (Å²) in [6, 6.07) is 8.46. The van der Waals surface area contributed by atoms with Gasteiger partial charge in [-0.1, -0.05) is 45.0 Å². The van der Waals surface area contributed by atoms with Gasteiger partial charge in [0.05, 0.1) is 0 Å². The predicted molar refractivity (Wildman–Crippen MR) is 97.5 cm³/mol. The lowest BCUT2D eigenvalue weighted by molar-refractivity contribution is -0.0429. The predicted octanol–water partition coefficient (Wildman–Crippen LogP) is 3.68. The van der Waals surface area contributed by atoms with Gasteiger partial charge < -0.3 is 5.11 Å². The molecule has 0 amide bonds. The highest BCUT2D eigenvalue weighted by atomic mass is 16.3. The molecule has 1 heterocycles. The van der Waals surface area contributed by atoms with Crippen molar-refractivity contribution in [2.45, 2.75) is 59.7 Å². The normalized spacial score (nSPS) is 19.8. The Labute approximate surface area is 142 Å². The van der Waals surface area contributed by atoms with Gasteiger partial charge in [-0.05, 0) is 43.7 Å². The zero-order valence-corrected chi connectivity index (χ0v) is 15.8. The number of piperazine rings is 1. The van der Waals surface area contributed by atoms with Crippen molar-refractivity contribution in [1.29, 1.82) is 0 Å². The van der Waals surface area contributed by atoms with Crippen molar-refractivity contribution < 1.29 is 5.11 Å². The topological polar surface area (TPSA) is 26.7 Å². The Bertz CT molecular complexity index is 505. The van der Waals surface area contributed by atoms with Crippen LogP contribution in [0.3, 0.4) is 0 Å². The minimum atomic E-state index is -0.489. The van der Waals surface area contributed by atoms with E-state index in [0.717, 1.165) is 38.2 Å². The van der Waals surface area contributed by atoms with E-state index in [4.69, 9.17) is 0 Å². The van der Waals surface area contributed by atoms with Gasteiger partial charge in [-0.3, -0.25) is 9.80 Å². The zero-order chi connectivity index (χ0) is 17.3. The van der Waals surface area contributed by atoms with Gasteiger partial charge in [-0.25, -0.2) is 0 Å². The van der Waals surface area contributed by atoms with E-state index in [1.54, 1.807) is 0 Å². The molecule has 1 aliphatic rings. The number of benzene rings is 1. The van der Waals surface area contributed by atoms with Gasteiger partial charge in [0.25, 0.3) is 0 Å². The van der Waals surface area contributed by atoms with Crippen LogP contribution in [-0.4, -0.2) is 46.6 Å². The first-order valence-electron chi connectivity index (χ1n) is 8.82. The first-order valence-corrected chi connectivity index (χ1v) is 8.82. The van der Waals surface area contributed by atoms with E-state index < -0.39 is 6.23 Å². The van der Waals surface area contributed by atoms with Crippen LogP contribution in [0.2, 0.25) is 0 Å². The summed E-state index contributed by atoms with van der Waals surface area (Å²) in [5.74, 6) is 0. The summed E-state index contributed by atoms with van der Waals surface area (Å²) in [6.07, 6.45) is 0.544. The highest BCUT2D eigenvalue weighted by Crippen LogP contribution is 2.26. The number of rotatable bonds is 3. The van der Waals surface area contributed by atoms with Gasteiger partial charge >= 0.3 is 0 Å². The van der Waals surface area contributed by atoms with Crippen molar-refractivity contribution in [1.82, 2.24) is 9.80 Å². The highest BCUT2D eigenvalue weighted by molar-refractivity contribution is 5.26. The smallest absolute Gasteiger partial charge is 0.133 e. The fourth-order valence-electron chi connectivity index (χ4n) is 3.32. The molecule has 1 atom stereocenters. The molecule has 1 aromatic rings. The second kappa shape index (κ2) is 6.92. The summed E-state index contributed by atoms with van der Waals surface area (Å²) in [5, 5.41) is 10.8. The third kappa shape index (κ3) is 5.30. The summed E-state index contributed by atoms with van der Waals surface area (Å²) in [6.45, 7) is 17.4. The molecule has 0 radical (unpaired) electrons. The lowest BCUT2D eigenvalue weighted by atomic mass is 9.87. The van der Waals surface area contributed by atoms with Crippen LogP contribution < -0.4 is 0 Å². The fourth-order valence-corrected chi connectivity index (χ4v) is 3.32. The van der Waals surface area contributed by atoms with E-state index in [9.17, 15) is 5.11 Å². The van der Waals surface area contributed by atoms with E-state index in [1.807, 2.05) is 6.07 Å². The summed E-state index contributed by atoms with van der Waals surface area (Å²) in [4.78, 5) is 4.69. The number of nitrogens with zero attached hydrogens (tertiary/aromatic N) is 2. The van der Waals surface area contributed by atoms with Crippen LogP contribution in [0.5, 0.6) is 0 Å². The molecule has 0 saturated carbocycles. The first-order chi connectivity index (χ1) is 10.6. The molecule has 1 N–H and O–H groups in total. The maximum atomic E-state index is 10.8. The van der Waals surface area contributed by atoms with E-state index in [1.165, 1.54) is 5.56 Å². The molecular weight excluding hydrogens is 284 g/mol. The second-order valence-electron chi connectivity index (χ2n) is 9.05. The molecule has 2 rings (SSSR count). The largest absolute Gasteiger partial charge is 0.374 e. The number of hydrogen-bond acceptors (Lipinski definition) is 3. The van der Waals surface area contributed by atoms with Crippen LogP contribution in [0.25, 0.3) is 0 Å². The van der Waals surface area contributed by atoms with E-state index in [2.05, 4.69) is 69.5 Å². The minimum absolute atomic E-state index is 0.212. The van der Waals surface area contributed by atoms with Gasteiger partial charge in [0.2, 0.25) is 0 Å². The van der Waals surface area contributed by atoms with Crippen LogP contribution in [-0.2, 0) is 6.42 Å². The van der Waals surface area contributed by atoms with Gasteiger partial charge in [-0.2, -0.15) is 0 Å².